The summed E-state index contributed by atoms with van der Waals surface area (Å²) in [6.07, 6.45) is 9.32. The van der Waals surface area contributed by atoms with Crippen molar-refractivity contribution in [3.05, 3.63) is 0 Å². The molecule has 0 aromatic heterocycles. The summed E-state index contributed by atoms with van der Waals surface area (Å²) in [5.74, 6) is 0.348. The van der Waals surface area contributed by atoms with Crippen LogP contribution in [0, 0.1) is 17.8 Å². The molecule has 0 aromatic rings. The molecule has 3 aliphatic rings. The number of rotatable bonds is 2. The van der Waals surface area contributed by atoms with Gasteiger partial charge in [0.15, 0.2) is 0 Å². The number of carbonyl (C=O) groups excluding carboxylic acids is 1. The third-order valence-corrected chi connectivity index (χ3v) is 6.09. The SMILES string of the molecule is CC1CCCC1C(=O)N1C(C(=O)O)CCC2CCCCC21. The Morgan fingerprint density at radius 1 is 0.952 bits per heavy atom. The third-order valence-electron chi connectivity index (χ3n) is 6.09. The van der Waals surface area contributed by atoms with Crippen molar-refractivity contribution in [3.63, 3.8) is 0 Å². The second-order valence-corrected chi connectivity index (χ2v) is 7.30. The number of likely N-dealkylation sites (tertiary alicyclic amines) is 1. The van der Waals surface area contributed by atoms with Crippen LogP contribution in [-0.2, 0) is 9.59 Å². The van der Waals surface area contributed by atoms with E-state index in [2.05, 4.69) is 6.92 Å². The lowest BCUT2D eigenvalue weighted by atomic mass is 9.75. The highest BCUT2D eigenvalue weighted by Crippen LogP contribution is 2.41. The van der Waals surface area contributed by atoms with Crippen molar-refractivity contribution in [2.75, 3.05) is 0 Å². The number of piperidine rings is 1. The van der Waals surface area contributed by atoms with Crippen LogP contribution in [-0.4, -0.2) is 34.0 Å². The van der Waals surface area contributed by atoms with E-state index in [-0.39, 0.29) is 17.9 Å². The lowest BCUT2D eigenvalue weighted by Crippen LogP contribution is -2.59. The van der Waals surface area contributed by atoms with Crippen LogP contribution in [0.1, 0.15) is 64.7 Å². The van der Waals surface area contributed by atoms with Gasteiger partial charge in [0.2, 0.25) is 5.91 Å². The van der Waals surface area contributed by atoms with E-state index < -0.39 is 12.0 Å². The molecule has 3 fully saturated rings. The number of carboxylic acids is 1. The van der Waals surface area contributed by atoms with Gasteiger partial charge in [0, 0.05) is 12.0 Å². The molecule has 2 saturated carbocycles. The first-order valence-electron chi connectivity index (χ1n) is 8.64. The Morgan fingerprint density at radius 2 is 1.71 bits per heavy atom. The minimum atomic E-state index is -0.807. The average molecular weight is 293 g/mol. The summed E-state index contributed by atoms with van der Waals surface area (Å²) < 4.78 is 0. The van der Waals surface area contributed by atoms with Crippen LogP contribution in [0.3, 0.4) is 0 Å². The molecule has 0 spiro atoms. The molecule has 118 valence electrons. The van der Waals surface area contributed by atoms with Crippen molar-refractivity contribution in [2.45, 2.75) is 76.8 Å². The molecule has 2 aliphatic carbocycles. The van der Waals surface area contributed by atoms with E-state index in [1.807, 2.05) is 4.90 Å². The van der Waals surface area contributed by atoms with Crippen molar-refractivity contribution in [3.8, 4) is 0 Å². The topological polar surface area (TPSA) is 57.6 Å². The number of nitrogens with zero attached hydrogens (tertiary/aromatic N) is 1. The zero-order valence-corrected chi connectivity index (χ0v) is 13.0. The fourth-order valence-electron chi connectivity index (χ4n) is 4.90. The smallest absolute Gasteiger partial charge is 0.326 e. The van der Waals surface area contributed by atoms with Gasteiger partial charge in [-0.05, 0) is 50.4 Å². The largest absolute Gasteiger partial charge is 0.480 e. The lowest BCUT2D eigenvalue weighted by molar-refractivity contribution is -0.161. The van der Waals surface area contributed by atoms with E-state index in [1.54, 1.807) is 0 Å². The molecule has 21 heavy (non-hydrogen) atoms. The first-order chi connectivity index (χ1) is 10.1. The fourth-order valence-corrected chi connectivity index (χ4v) is 4.90. The highest BCUT2D eigenvalue weighted by molar-refractivity contribution is 5.86. The van der Waals surface area contributed by atoms with Gasteiger partial charge >= 0.3 is 5.97 Å². The van der Waals surface area contributed by atoms with Gasteiger partial charge < -0.3 is 10.0 Å². The van der Waals surface area contributed by atoms with Crippen LogP contribution < -0.4 is 0 Å². The van der Waals surface area contributed by atoms with E-state index in [4.69, 9.17) is 0 Å². The van der Waals surface area contributed by atoms with Crippen LogP contribution in [0.4, 0.5) is 0 Å². The molecule has 0 bridgehead atoms. The van der Waals surface area contributed by atoms with E-state index in [1.165, 1.54) is 12.8 Å². The molecule has 1 heterocycles. The monoisotopic (exact) mass is 293 g/mol. The maximum atomic E-state index is 13.0. The average Bonchev–Trinajstić information content (AvgIpc) is 2.91. The Hall–Kier alpha value is -1.06. The van der Waals surface area contributed by atoms with Gasteiger partial charge in [0.1, 0.15) is 6.04 Å². The van der Waals surface area contributed by atoms with Crippen molar-refractivity contribution < 1.29 is 14.7 Å². The van der Waals surface area contributed by atoms with Crippen LogP contribution in [0.25, 0.3) is 0 Å². The van der Waals surface area contributed by atoms with Gasteiger partial charge in [0.25, 0.3) is 0 Å². The van der Waals surface area contributed by atoms with Crippen LogP contribution in [0.5, 0.6) is 0 Å². The highest BCUT2D eigenvalue weighted by atomic mass is 16.4. The Kier molecular flexibility index (Phi) is 4.23. The molecular formula is C17H27NO3. The van der Waals surface area contributed by atoms with Gasteiger partial charge in [-0.2, -0.15) is 0 Å². The summed E-state index contributed by atoms with van der Waals surface area (Å²) in [5, 5.41) is 9.56. The van der Waals surface area contributed by atoms with Crippen molar-refractivity contribution in [1.82, 2.24) is 4.90 Å². The minimum Gasteiger partial charge on any atom is -0.480 e. The predicted molar refractivity (Wildman–Crippen MR) is 79.8 cm³/mol. The quantitative estimate of drug-likeness (QED) is 0.851. The zero-order chi connectivity index (χ0) is 15.0. The van der Waals surface area contributed by atoms with Crippen LogP contribution >= 0.6 is 0 Å². The summed E-state index contributed by atoms with van der Waals surface area (Å²) in [4.78, 5) is 26.5. The second kappa shape index (κ2) is 5.98. The molecule has 1 N–H and O–H groups in total. The standard InChI is InChI=1S/C17H27NO3/c1-11-5-4-7-13(11)16(19)18-14-8-3-2-6-12(14)9-10-15(18)17(20)21/h11-15H,2-10H2,1H3,(H,20,21). The second-order valence-electron chi connectivity index (χ2n) is 7.30. The molecule has 0 radical (unpaired) electrons. The van der Waals surface area contributed by atoms with Crippen molar-refractivity contribution in [1.29, 1.82) is 0 Å². The lowest BCUT2D eigenvalue weighted by Gasteiger charge is -2.48. The molecule has 5 unspecified atom stereocenters. The maximum absolute atomic E-state index is 13.0. The summed E-state index contributed by atoms with van der Waals surface area (Å²) in [6.45, 7) is 2.15. The van der Waals surface area contributed by atoms with Crippen LogP contribution in [0.15, 0.2) is 0 Å². The molecule has 3 rings (SSSR count). The molecule has 1 saturated heterocycles. The maximum Gasteiger partial charge on any atom is 0.326 e. The highest BCUT2D eigenvalue weighted by Gasteiger charge is 2.46. The third kappa shape index (κ3) is 2.69. The number of amides is 1. The van der Waals surface area contributed by atoms with E-state index in [9.17, 15) is 14.7 Å². The minimum absolute atomic E-state index is 0.0625. The molecule has 1 aliphatic heterocycles. The first-order valence-corrected chi connectivity index (χ1v) is 8.64. The van der Waals surface area contributed by atoms with Crippen LogP contribution in [0.2, 0.25) is 0 Å². The van der Waals surface area contributed by atoms with Crippen molar-refractivity contribution in [2.24, 2.45) is 17.8 Å². The normalized spacial score (nSPS) is 39.9. The molecule has 4 nitrogen and oxygen atoms in total. The number of hydrogen-bond donors (Lipinski definition) is 1. The number of carboxylic acid groups (broad SMARTS) is 1. The fraction of sp³-hybridized carbons (Fsp3) is 0.882. The van der Waals surface area contributed by atoms with Gasteiger partial charge in [-0.1, -0.05) is 26.2 Å². The number of aliphatic carboxylic acids is 1. The Balaban J connectivity index is 1.85. The van der Waals surface area contributed by atoms with Gasteiger partial charge in [-0.25, -0.2) is 4.79 Å². The molecule has 5 atom stereocenters. The zero-order valence-electron chi connectivity index (χ0n) is 13.0. The molecule has 1 amide bonds. The molecule has 4 heteroatoms. The summed E-state index contributed by atoms with van der Waals surface area (Å²) in [7, 11) is 0. The van der Waals surface area contributed by atoms with Gasteiger partial charge in [-0.3, -0.25) is 4.79 Å². The van der Waals surface area contributed by atoms with E-state index >= 15 is 0 Å². The Labute approximate surface area is 126 Å². The number of carbonyl (C=O) groups is 2. The van der Waals surface area contributed by atoms with E-state index in [0.717, 1.165) is 38.5 Å². The molecule has 0 aromatic carbocycles. The predicted octanol–water partition coefficient (Wildman–Crippen LogP) is 3.06. The molecular weight excluding hydrogens is 266 g/mol. The number of hydrogen-bond acceptors (Lipinski definition) is 2. The summed E-state index contributed by atoms with van der Waals surface area (Å²) >= 11 is 0. The Morgan fingerprint density at radius 3 is 2.38 bits per heavy atom. The first kappa shape index (κ1) is 14.9. The van der Waals surface area contributed by atoms with Gasteiger partial charge in [0.05, 0.1) is 0 Å². The van der Waals surface area contributed by atoms with Crippen molar-refractivity contribution >= 4 is 11.9 Å². The Bertz CT molecular complexity index is 422. The van der Waals surface area contributed by atoms with Gasteiger partial charge in [-0.15, -0.1) is 0 Å². The van der Waals surface area contributed by atoms with E-state index in [0.29, 0.717) is 18.3 Å². The summed E-state index contributed by atoms with van der Waals surface area (Å²) in [5.41, 5.74) is 0. The summed E-state index contributed by atoms with van der Waals surface area (Å²) in [6, 6.07) is -0.390. The number of fused-ring (bicyclic) bond motifs is 1.